The molecule has 0 aliphatic carbocycles. The van der Waals surface area contributed by atoms with Gasteiger partial charge in [-0.1, -0.05) is 13.8 Å². The Kier molecular flexibility index (Phi) is 5.40. The summed E-state index contributed by atoms with van der Waals surface area (Å²) in [7, 11) is -5.81. The fourth-order valence-corrected chi connectivity index (χ4v) is 1.52. The van der Waals surface area contributed by atoms with Gasteiger partial charge in [0.1, 0.15) is 0 Å². The largest absolute Gasteiger partial charge is 0.523 e. The van der Waals surface area contributed by atoms with Crippen LogP contribution in [-0.2, 0) is 23.8 Å². The van der Waals surface area contributed by atoms with Gasteiger partial charge in [0.2, 0.25) is 0 Å². The molecule has 17 heavy (non-hydrogen) atoms. The lowest BCUT2D eigenvalue weighted by Gasteiger charge is -2.19. The molecule has 0 amide bonds. The lowest BCUT2D eigenvalue weighted by molar-refractivity contribution is -0.154. The van der Waals surface area contributed by atoms with Crippen LogP contribution < -0.4 is 0 Å². The number of alkyl halides is 3. The molecule has 5 nitrogen and oxygen atoms in total. The highest BCUT2D eigenvalue weighted by atomic mass is 32.2. The number of carbonyl (C=O) groups excluding carboxylic acids is 1. The Morgan fingerprint density at radius 2 is 1.76 bits per heavy atom. The van der Waals surface area contributed by atoms with Crippen LogP contribution in [0, 0.1) is 5.92 Å². The maximum absolute atomic E-state index is 12.0. The monoisotopic (exact) mass is 278 g/mol. The van der Waals surface area contributed by atoms with E-state index in [1.54, 1.807) is 0 Å². The highest BCUT2D eigenvalue weighted by Gasteiger charge is 2.50. The molecule has 1 atom stereocenters. The van der Waals surface area contributed by atoms with Crippen molar-refractivity contribution in [2.45, 2.75) is 32.4 Å². The van der Waals surface area contributed by atoms with Crippen molar-refractivity contribution in [3.8, 4) is 0 Å². The van der Waals surface area contributed by atoms with Crippen LogP contribution in [0.15, 0.2) is 0 Å². The number of carbonyl (C=O) groups is 1. The molecule has 0 aromatic rings. The molecule has 0 fully saturated rings. The van der Waals surface area contributed by atoms with Gasteiger partial charge in [-0.05, 0) is 12.8 Å². The molecule has 0 N–H and O–H groups in total. The summed E-state index contributed by atoms with van der Waals surface area (Å²) in [6, 6.07) is 0. The van der Waals surface area contributed by atoms with Crippen molar-refractivity contribution < 1.29 is 35.3 Å². The number of hydrogen-bond donors (Lipinski definition) is 0. The number of halogens is 3. The molecule has 102 valence electrons. The summed E-state index contributed by atoms with van der Waals surface area (Å²) in [4.78, 5) is 11.2. The van der Waals surface area contributed by atoms with Gasteiger partial charge < -0.3 is 4.74 Å². The first-order chi connectivity index (χ1) is 7.53. The molecule has 0 bridgehead atoms. The molecule has 0 aromatic heterocycles. The van der Waals surface area contributed by atoms with Gasteiger partial charge >= 0.3 is 21.6 Å². The van der Waals surface area contributed by atoms with Gasteiger partial charge in [-0.15, -0.1) is 0 Å². The summed E-state index contributed by atoms with van der Waals surface area (Å²) in [5, 5.41) is 0. The van der Waals surface area contributed by atoms with E-state index in [1.807, 2.05) is 0 Å². The Morgan fingerprint density at radius 1 is 1.29 bits per heavy atom. The summed E-state index contributed by atoms with van der Waals surface area (Å²) in [6.07, 6.45) is -1.80. The molecular formula is C8H13F3O5S. The minimum absolute atomic E-state index is 0.0858. The van der Waals surface area contributed by atoms with E-state index in [9.17, 15) is 26.4 Å². The standard InChI is InChI=1S/C8H13F3O5S/c1-4-15-7(12)6(5(2)3)16-17(13,14)8(9,10)11/h5-6H,4H2,1-3H3/t6-/m1/s1. The summed E-state index contributed by atoms with van der Waals surface area (Å²) >= 11 is 0. The van der Waals surface area contributed by atoms with E-state index >= 15 is 0 Å². The fourth-order valence-electron chi connectivity index (χ4n) is 0.838. The van der Waals surface area contributed by atoms with E-state index in [0.717, 1.165) is 0 Å². The lowest BCUT2D eigenvalue weighted by atomic mass is 10.1. The van der Waals surface area contributed by atoms with Gasteiger partial charge in [0.25, 0.3) is 0 Å². The first-order valence-corrected chi connectivity index (χ1v) is 6.10. The Hall–Kier alpha value is -0.830. The third kappa shape index (κ3) is 4.50. The molecule has 0 saturated carbocycles. The normalized spacial score (nSPS) is 14.8. The van der Waals surface area contributed by atoms with Crippen LogP contribution in [-0.4, -0.2) is 32.6 Å². The van der Waals surface area contributed by atoms with E-state index in [2.05, 4.69) is 8.92 Å². The Balaban J connectivity index is 4.98. The highest BCUT2D eigenvalue weighted by Crippen LogP contribution is 2.27. The van der Waals surface area contributed by atoms with E-state index < -0.39 is 33.6 Å². The molecule has 9 heteroatoms. The first kappa shape index (κ1) is 16.2. The summed E-state index contributed by atoms with van der Waals surface area (Å²) in [5.41, 5.74) is -5.56. The SMILES string of the molecule is CCOC(=O)[C@H](OS(=O)(=O)C(F)(F)F)C(C)C. The minimum atomic E-state index is -5.81. The lowest BCUT2D eigenvalue weighted by Crippen LogP contribution is -2.38. The first-order valence-electron chi connectivity index (χ1n) is 4.69. The third-order valence-corrected chi connectivity index (χ3v) is 2.67. The predicted octanol–water partition coefficient (Wildman–Crippen LogP) is 1.44. The van der Waals surface area contributed by atoms with Gasteiger partial charge in [0, 0.05) is 0 Å². The van der Waals surface area contributed by atoms with E-state index in [4.69, 9.17) is 0 Å². The quantitative estimate of drug-likeness (QED) is 0.432. The van der Waals surface area contributed by atoms with Crippen LogP contribution >= 0.6 is 0 Å². The maximum Gasteiger partial charge on any atom is 0.523 e. The van der Waals surface area contributed by atoms with Gasteiger partial charge in [0.15, 0.2) is 6.10 Å². The number of rotatable bonds is 5. The molecule has 0 aromatic carbocycles. The summed E-state index contributed by atoms with van der Waals surface area (Å²) in [5.74, 6) is -1.92. The molecular weight excluding hydrogens is 265 g/mol. The van der Waals surface area contributed by atoms with E-state index in [0.29, 0.717) is 0 Å². The molecule has 0 rings (SSSR count). The summed E-state index contributed by atoms with van der Waals surface area (Å²) in [6.45, 7) is 4.03. The van der Waals surface area contributed by atoms with Crippen molar-refractivity contribution in [3.63, 3.8) is 0 Å². The predicted molar refractivity (Wildman–Crippen MR) is 51.3 cm³/mol. The van der Waals surface area contributed by atoms with Crippen molar-refractivity contribution in [3.05, 3.63) is 0 Å². The molecule has 0 spiro atoms. The van der Waals surface area contributed by atoms with Crippen LogP contribution in [0.3, 0.4) is 0 Å². The van der Waals surface area contributed by atoms with Crippen LogP contribution in [0.25, 0.3) is 0 Å². The van der Waals surface area contributed by atoms with Gasteiger partial charge in [0.05, 0.1) is 6.61 Å². The average molecular weight is 278 g/mol. The molecule has 0 unspecified atom stereocenters. The fraction of sp³-hybridized carbons (Fsp3) is 0.875. The summed E-state index contributed by atoms with van der Waals surface area (Å²) < 4.78 is 65.8. The van der Waals surface area contributed by atoms with Crippen molar-refractivity contribution in [2.75, 3.05) is 6.61 Å². The minimum Gasteiger partial charge on any atom is -0.464 e. The van der Waals surface area contributed by atoms with Crippen molar-refractivity contribution >= 4 is 16.1 Å². The average Bonchev–Trinajstić information content (AvgIpc) is 2.12. The van der Waals surface area contributed by atoms with E-state index in [1.165, 1.54) is 20.8 Å². The number of hydrogen-bond acceptors (Lipinski definition) is 5. The van der Waals surface area contributed by atoms with Crippen LogP contribution in [0.5, 0.6) is 0 Å². The molecule has 0 aliphatic rings. The Morgan fingerprint density at radius 3 is 2.06 bits per heavy atom. The number of esters is 1. The second-order valence-electron chi connectivity index (χ2n) is 3.41. The Bertz CT molecular complexity index is 360. The Labute approximate surface area is 97.0 Å². The van der Waals surface area contributed by atoms with Crippen molar-refractivity contribution in [1.29, 1.82) is 0 Å². The van der Waals surface area contributed by atoms with Crippen LogP contribution in [0.2, 0.25) is 0 Å². The van der Waals surface area contributed by atoms with Crippen LogP contribution in [0.4, 0.5) is 13.2 Å². The van der Waals surface area contributed by atoms with E-state index in [-0.39, 0.29) is 6.61 Å². The van der Waals surface area contributed by atoms with Gasteiger partial charge in [-0.2, -0.15) is 21.6 Å². The number of ether oxygens (including phenoxy) is 1. The smallest absolute Gasteiger partial charge is 0.464 e. The zero-order valence-corrected chi connectivity index (χ0v) is 10.3. The third-order valence-electron chi connectivity index (χ3n) is 1.64. The second kappa shape index (κ2) is 5.67. The zero-order chi connectivity index (χ0) is 13.9. The van der Waals surface area contributed by atoms with Gasteiger partial charge in [-0.3, -0.25) is 0 Å². The van der Waals surface area contributed by atoms with Crippen molar-refractivity contribution in [2.24, 2.45) is 5.92 Å². The highest BCUT2D eigenvalue weighted by molar-refractivity contribution is 7.87. The molecule has 0 radical (unpaired) electrons. The molecule has 0 heterocycles. The maximum atomic E-state index is 12.0. The molecule has 0 saturated heterocycles. The van der Waals surface area contributed by atoms with Gasteiger partial charge in [-0.25, -0.2) is 8.98 Å². The second-order valence-corrected chi connectivity index (χ2v) is 4.98. The van der Waals surface area contributed by atoms with Crippen molar-refractivity contribution in [1.82, 2.24) is 0 Å². The topological polar surface area (TPSA) is 69.7 Å². The van der Waals surface area contributed by atoms with Crippen LogP contribution in [0.1, 0.15) is 20.8 Å². The zero-order valence-electron chi connectivity index (χ0n) is 9.45. The molecule has 0 aliphatic heterocycles.